The lowest BCUT2D eigenvalue weighted by molar-refractivity contribution is 0.395. The Kier molecular flexibility index (Phi) is 3.97. The number of ether oxygens (including phenoxy) is 2. The van der Waals surface area contributed by atoms with E-state index in [1.54, 1.807) is 38.5 Å². The van der Waals surface area contributed by atoms with Gasteiger partial charge in [0.25, 0.3) is 0 Å². The van der Waals surface area contributed by atoms with Crippen molar-refractivity contribution in [2.75, 3.05) is 19.5 Å². The molecule has 0 saturated heterocycles. The average Bonchev–Trinajstić information content (AvgIpc) is 2.55. The number of hydrogen-bond acceptors (Lipinski definition) is 4. The molecular formula is C17H14F2N2O2. The first kappa shape index (κ1) is 15.0. The van der Waals surface area contributed by atoms with Crippen molar-refractivity contribution in [2.24, 2.45) is 0 Å². The van der Waals surface area contributed by atoms with Crippen LogP contribution in [-0.2, 0) is 0 Å². The van der Waals surface area contributed by atoms with E-state index in [9.17, 15) is 8.78 Å². The van der Waals surface area contributed by atoms with Gasteiger partial charge < -0.3 is 14.8 Å². The van der Waals surface area contributed by atoms with Crippen LogP contribution in [0.4, 0.5) is 20.2 Å². The van der Waals surface area contributed by atoms with Gasteiger partial charge in [0.2, 0.25) is 0 Å². The number of pyridine rings is 1. The van der Waals surface area contributed by atoms with E-state index < -0.39 is 11.6 Å². The minimum Gasteiger partial charge on any atom is -0.497 e. The Labute approximate surface area is 131 Å². The molecule has 6 heteroatoms. The van der Waals surface area contributed by atoms with E-state index in [1.165, 1.54) is 12.3 Å². The summed E-state index contributed by atoms with van der Waals surface area (Å²) in [6.45, 7) is 0. The van der Waals surface area contributed by atoms with Crippen LogP contribution in [0.15, 0.2) is 42.6 Å². The van der Waals surface area contributed by atoms with Crippen LogP contribution in [0.2, 0.25) is 0 Å². The van der Waals surface area contributed by atoms with Gasteiger partial charge in [-0.05, 0) is 12.1 Å². The highest BCUT2D eigenvalue weighted by atomic mass is 19.1. The third kappa shape index (κ3) is 3.01. The van der Waals surface area contributed by atoms with Crippen LogP contribution >= 0.6 is 0 Å². The summed E-state index contributed by atoms with van der Waals surface area (Å²) >= 11 is 0. The summed E-state index contributed by atoms with van der Waals surface area (Å²) in [7, 11) is 3.09. The van der Waals surface area contributed by atoms with Crippen LogP contribution in [0.1, 0.15) is 0 Å². The van der Waals surface area contributed by atoms with Gasteiger partial charge in [0.1, 0.15) is 22.8 Å². The van der Waals surface area contributed by atoms with Crippen LogP contribution in [0.3, 0.4) is 0 Å². The number of halogens is 2. The fraction of sp³-hybridized carbons (Fsp3) is 0.118. The predicted octanol–water partition coefficient (Wildman–Crippen LogP) is 4.27. The fourth-order valence-corrected chi connectivity index (χ4v) is 2.32. The zero-order chi connectivity index (χ0) is 16.4. The molecule has 0 fully saturated rings. The standard InChI is InChI=1S/C17H14F2N2O2/c1-22-12-7-11(8-13(9-12)23-2)21-16-3-4-20-17-14(16)5-10(18)6-15(17)19/h3-9H,1-2H3,(H,20,21). The van der Waals surface area contributed by atoms with Crippen molar-refractivity contribution in [1.29, 1.82) is 0 Å². The SMILES string of the molecule is COc1cc(Nc2ccnc3c(F)cc(F)cc23)cc(OC)c1. The van der Waals surface area contributed by atoms with Crippen molar-refractivity contribution in [3.05, 3.63) is 54.2 Å². The van der Waals surface area contributed by atoms with E-state index in [1.807, 2.05) is 0 Å². The van der Waals surface area contributed by atoms with Gasteiger partial charge in [-0.2, -0.15) is 0 Å². The number of aromatic nitrogens is 1. The first-order valence-electron chi connectivity index (χ1n) is 6.84. The Bertz CT molecular complexity index is 846. The van der Waals surface area contributed by atoms with Crippen molar-refractivity contribution in [1.82, 2.24) is 4.98 Å². The lowest BCUT2D eigenvalue weighted by Crippen LogP contribution is -1.96. The number of anilines is 2. The third-order valence-corrected chi connectivity index (χ3v) is 3.39. The molecule has 0 aliphatic rings. The van der Waals surface area contributed by atoms with E-state index in [4.69, 9.17) is 9.47 Å². The molecule has 0 unspecified atom stereocenters. The maximum Gasteiger partial charge on any atom is 0.152 e. The number of hydrogen-bond donors (Lipinski definition) is 1. The molecule has 1 N–H and O–H groups in total. The van der Waals surface area contributed by atoms with Gasteiger partial charge in [-0.15, -0.1) is 0 Å². The van der Waals surface area contributed by atoms with Crippen LogP contribution in [0.5, 0.6) is 11.5 Å². The lowest BCUT2D eigenvalue weighted by Gasteiger charge is -2.12. The first-order chi connectivity index (χ1) is 11.1. The van der Waals surface area contributed by atoms with Gasteiger partial charge in [-0.25, -0.2) is 8.78 Å². The zero-order valence-corrected chi connectivity index (χ0v) is 12.6. The van der Waals surface area contributed by atoms with E-state index in [0.717, 1.165) is 6.07 Å². The molecule has 1 aromatic heterocycles. The number of benzene rings is 2. The predicted molar refractivity (Wildman–Crippen MR) is 84.5 cm³/mol. The maximum atomic E-state index is 13.8. The Hall–Kier alpha value is -2.89. The molecule has 23 heavy (non-hydrogen) atoms. The number of rotatable bonds is 4. The second-order valence-corrected chi connectivity index (χ2v) is 4.87. The summed E-state index contributed by atoms with van der Waals surface area (Å²) in [6.07, 6.45) is 1.46. The topological polar surface area (TPSA) is 43.4 Å². The van der Waals surface area contributed by atoms with E-state index in [2.05, 4.69) is 10.3 Å². The second-order valence-electron chi connectivity index (χ2n) is 4.87. The van der Waals surface area contributed by atoms with E-state index >= 15 is 0 Å². The molecule has 118 valence electrons. The number of methoxy groups -OCH3 is 2. The molecule has 2 aromatic carbocycles. The van der Waals surface area contributed by atoms with Crippen molar-refractivity contribution in [2.45, 2.75) is 0 Å². The lowest BCUT2D eigenvalue weighted by atomic mass is 10.1. The summed E-state index contributed by atoms with van der Waals surface area (Å²) in [4.78, 5) is 3.96. The van der Waals surface area contributed by atoms with Crippen molar-refractivity contribution in [3.8, 4) is 11.5 Å². The maximum absolute atomic E-state index is 13.8. The monoisotopic (exact) mass is 316 g/mol. The molecule has 0 saturated carbocycles. The van der Waals surface area contributed by atoms with E-state index in [-0.39, 0.29) is 5.52 Å². The van der Waals surface area contributed by atoms with Crippen molar-refractivity contribution in [3.63, 3.8) is 0 Å². The van der Waals surface area contributed by atoms with Crippen LogP contribution in [-0.4, -0.2) is 19.2 Å². The summed E-state index contributed by atoms with van der Waals surface area (Å²) in [5, 5.41) is 3.47. The second kappa shape index (κ2) is 6.08. The Morgan fingerprint density at radius 3 is 2.30 bits per heavy atom. The Morgan fingerprint density at radius 1 is 0.957 bits per heavy atom. The smallest absolute Gasteiger partial charge is 0.152 e. The molecule has 0 aliphatic heterocycles. The molecule has 0 radical (unpaired) electrons. The normalized spacial score (nSPS) is 10.6. The largest absolute Gasteiger partial charge is 0.497 e. The van der Waals surface area contributed by atoms with Crippen LogP contribution < -0.4 is 14.8 Å². The minimum absolute atomic E-state index is 0.103. The highest BCUT2D eigenvalue weighted by molar-refractivity contribution is 5.93. The van der Waals surface area contributed by atoms with Gasteiger partial charge in [0, 0.05) is 47.2 Å². The Morgan fingerprint density at radius 2 is 1.65 bits per heavy atom. The van der Waals surface area contributed by atoms with Gasteiger partial charge in [-0.1, -0.05) is 0 Å². The molecule has 0 amide bonds. The highest BCUT2D eigenvalue weighted by Crippen LogP contribution is 2.31. The number of nitrogens with one attached hydrogen (secondary N) is 1. The van der Waals surface area contributed by atoms with Crippen LogP contribution in [0, 0.1) is 11.6 Å². The third-order valence-electron chi connectivity index (χ3n) is 3.39. The Balaban J connectivity index is 2.08. The van der Waals surface area contributed by atoms with Gasteiger partial charge in [0.05, 0.1) is 14.2 Å². The van der Waals surface area contributed by atoms with E-state index in [0.29, 0.717) is 28.3 Å². The summed E-state index contributed by atoms with van der Waals surface area (Å²) in [5.41, 5.74) is 1.30. The van der Waals surface area contributed by atoms with Crippen LogP contribution in [0.25, 0.3) is 10.9 Å². The van der Waals surface area contributed by atoms with Crippen molar-refractivity contribution >= 4 is 22.3 Å². The molecule has 0 atom stereocenters. The molecule has 3 aromatic rings. The van der Waals surface area contributed by atoms with Crippen molar-refractivity contribution < 1.29 is 18.3 Å². The zero-order valence-electron chi connectivity index (χ0n) is 12.6. The molecule has 0 aliphatic carbocycles. The number of nitrogens with zero attached hydrogens (tertiary/aromatic N) is 1. The summed E-state index contributed by atoms with van der Waals surface area (Å²) in [5.74, 6) is -0.161. The summed E-state index contributed by atoms with van der Waals surface area (Å²) < 4.78 is 37.8. The fourth-order valence-electron chi connectivity index (χ4n) is 2.32. The van der Waals surface area contributed by atoms with Gasteiger partial charge >= 0.3 is 0 Å². The average molecular weight is 316 g/mol. The first-order valence-corrected chi connectivity index (χ1v) is 6.84. The summed E-state index contributed by atoms with van der Waals surface area (Å²) in [6, 6.07) is 8.94. The highest BCUT2D eigenvalue weighted by Gasteiger charge is 2.10. The molecule has 0 bridgehead atoms. The molecule has 4 nitrogen and oxygen atoms in total. The van der Waals surface area contributed by atoms with Gasteiger partial charge in [0.15, 0.2) is 5.82 Å². The number of fused-ring (bicyclic) bond motifs is 1. The molecule has 1 heterocycles. The van der Waals surface area contributed by atoms with Gasteiger partial charge in [-0.3, -0.25) is 4.98 Å². The molecule has 3 rings (SSSR count). The minimum atomic E-state index is -0.702. The molecule has 0 spiro atoms. The molecular weight excluding hydrogens is 302 g/mol. The quantitative estimate of drug-likeness (QED) is 0.780.